The maximum atomic E-state index is 13.1. The Morgan fingerprint density at radius 3 is 1.89 bits per heavy atom. The third-order valence-electron chi connectivity index (χ3n) is 2.41. The standard InChI is InChI=1S/C12H10F2IN3/c13-12(14,15)9-3-1-7(2-4-9)8-5-10(16)18-11(17)6-8/h1-6H,(H4,16,17,18). The normalized spacial score (nSPS) is 11.5. The van der Waals surface area contributed by atoms with Gasteiger partial charge in [-0.1, -0.05) is 24.3 Å². The van der Waals surface area contributed by atoms with Gasteiger partial charge in [0, 0.05) is 28.2 Å². The first-order valence-corrected chi connectivity index (χ1v) is 6.15. The van der Waals surface area contributed by atoms with E-state index in [4.69, 9.17) is 11.5 Å². The third kappa shape index (κ3) is 2.87. The van der Waals surface area contributed by atoms with E-state index in [1.165, 1.54) is 12.1 Å². The highest BCUT2D eigenvalue weighted by atomic mass is 127. The van der Waals surface area contributed by atoms with Crippen molar-refractivity contribution < 1.29 is 8.78 Å². The van der Waals surface area contributed by atoms with Crippen molar-refractivity contribution in [2.45, 2.75) is 3.93 Å². The Kier molecular flexibility index (Phi) is 3.38. The maximum Gasteiger partial charge on any atom is 0.321 e. The molecule has 1 aromatic carbocycles. The van der Waals surface area contributed by atoms with Crippen molar-refractivity contribution in [2.24, 2.45) is 0 Å². The molecule has 94 valence electrons. The lowest BCUT2D eigenvalue weighted by Crippen LogP contribution is -2.01. The van der Waals surface area contributed by atoms with Crippen LogP contribution in [0.15, 0.2) is 36.4 Å². The molecule has 2 aromatic rings. The largest absolute Gasteiger partial charge is 0.384 e. The molecule has 18 heavy (non-hydrogen) atoms. The first-order chi connectivity index (χ1) is 8.36. The monoisotopic (exact) mass is 361 g/mol. The van der Waals surface area contributed by atoms with Crippen molar-refractivity contribution in [1.82, 2.24) is 4.98 Å². The molecule has 0 fully saturated rings. The zero-order valence-electron chi connectivity index (χ0n) is 9.20. The highest BCUT2D eigenvalue weighted by Crippen LogP contribution is 2.36. The minimum Gasteiger partial charge on any atom is -0.384 e. The van der Waals surface area contributed by atoms with Crippen LogP contribution >= 0.6 is 22.6 Å². The van der Waals surface area contributed by atoms with Crippen LogP contribution in [0, 0.1) is 0 Å². The van der Waals surface area contributed by atoms with Gasteiger partial charge in [0.2, 0.25) is 0 Å². The van der Waals surface area contributed by atoms with Gasteiger partial charge in [0.25, 0.3) is 0 Å². The van der Waals surface area contributed by atoms with E-state index in [-0.39, 0.29) is 5.56 Å². The van der Waals surface area contributed by atoms with Crippen molar-refractivity contribution >= 4 is 34.2 Å². The first kappa shape index (κ1) is 13.0. The Bertz CT molecular complexity index is 544. The molecule has 2 rings (SSSR count). The summed E-state index contributed by atoms with van der Waals surface area (Å²) in [6.45, 7) is 0. The van der Waals surface area contributed by atoms with Gasteiger partial charge in [0.05, 0.1) is 0 Å². The zero-order valence-corrected chi connectivity index (χ0v) is 11.4. The summed E-state index contributed by atoms with van der Waals surface area (Å²) in [4.78, 5) is 3.85. The number of anilines is 2. The summed E-state index contributed by atoms with van der Waals surface area (Å²) in [6.07, 6.45) is 0. The molecular formula is C12H10F2IN3. The minimum absolute atomic E-state index is 0.0400. The fraction of sp³-hybridized carbons (Fsp3) is 0.0833. The molecule has 0 saturated carbocycles. The van der Waals surface area contributed by atoms with Gasteiger partial charge in [-0.15, -0.1) is 0 Å². The van der Waals surface area contributed by atoms with Gasteiger partial charge in [-0.25, -0.2) is 4.98 Å². The number of halogens is 3. The number of rotatable bonds is 2. The molecule has 0 atom stereocenters. The summed E-state index contributed by atoms with van der Waals surface area (Å²) in [5.41, 5.74) is 12.6. The van der Waals surface area contributed by atoms with Gasteiger partial charge in [-0.3, -0.25) is 0 Å². The molecule has 0 radical (unpaired) electrons. The fourth-order valence-electron chi connectivity index (χ4n) is 1.59. The second-order valence-corrected chi connectivity index (χ2v) is 5.14. The Labute approximate surface area is 116 Å². The summed E-state index contributed by atoms with van der Waals surface area (Å²) in [5, 5.41) is 0. The van der Waals surface area contributed by atoms with Crippen LogP contribution in [0.25, 0.3) is 11.1 Å². The molecule has 0 saturated heterocycles. The highest BCUT2D eigenvalue weighted by molar-refractivity contribution is 14.1. The Morgan fingerprint density at radius 1 is 0.944 bits per heavy atom. The summed E-state index contributed by atoms with van der Waals surface area (Å²) >= 11 is 1.10. The molecule has 0 aliphatic rings. The fourth-order valence-corrected chi connectivity index (χ4v) is 1.95. The lowest BCUT2D eigenvalue weighted by Gasteiger charge is -2.10. The van der Waals surface area contributed by atoms with Gasteiger partial charge in [-0.2, -0.15) is 8.78 Å². The molecule has 1 aromatic heterocycles. The summed E-state index contributed by atoms with van der Waals surface area (Å²) < 4.78 is 23.2. The molecule has 4 N–H and O–H groups in total. The Morgan fingerprint density at radius 2 is 1.44 bits per heavy atom. The van der Waals surface area contributed by atoms with E-state index < -0.39 is 3.93 Å². The van der Waals surface area contributed by atoms with Crippen molar-refractivity contribution in [1.29, 1.82) is 0 Å². The number of nitrogen functional groups attached to an aromatic ring is 2. The van der Waals surface area contributed by atoms with Gasteiger partial charge >= 0.3 is 3.93 Å². The van der Waals surface area contributed by atoms with Crippen molar-refractivity contribution in [3.63, 3.8) is 0 Å². The van der Waals surface area contributed by atoms with E-state index >= 15 is 0 Å². The number of hydrogen-bond acceptors (Lipinski definition) is 3. The number of hydrogen-bond donors (Lipinski definition) is 2. The van der Waals surface area contributed by atoms with Crippen LogP contribution in [-0.2, 0) is 3.93 Å². The molecule has 0 aliphatic heterocycles. The molecule has 0 spiro atoms. The van der Waals surface area contributed by atoms with E-state index in [2.05, 4.69) is 4.98 Å². The number of pyridine rings is 1. The molecule has 0 aliphatic carbocycles. The average molecular weight is 361 g/mol. The summed E-state index contributed by atoms with van der Waals surface area (Å²) in [7, 11) is 0. The third-order valence-corrected chi connectivity index (χ3v) is 3.03. The highest BCUT2D eigenvalue weighted by Gasteiger charge is 2.26. The van der Waals surface area contributed by atoms with Crippen LogP contribution in [0.2, 0.25) is 0 Å². The Hall–Kier alpha value is -1.44. The van der Waals surface area contributed by atoms with E-state index in [0.717, 1.165) is 33.7 Å². The van der Waals surface area contributed by atoms with Crippen LogP contribution in [0.5, 0.6) is 0 Å². The molecule has 0 bridgehead atoms. The quantitative estimate of drug-likeness (QED) is 0.637. The molecule has 6 heteroatoms. The number of benzene rings is 1. The smallest absolute Gasteiger partial charge is 0.321 e. The molecular weight excluding hydrogens is 351 g/mol. The van der Waals surface area contributed by atoms with Gasteiger partial charge < -0.3 is 11.5 Å². The van der Waals surface area contributed by atoms with Gasteiger partial charge in [-0.05, 0) is 23.3 Å². The predicted octanol–water partition coefficient (Wildman–Crippen LogP) is 3.40. The van der Waals surface area contributed by atoms with Crippen LogP contribution in [-0.4, -0.2) is 4.98 Å². The molecule has 1 heterocycles. The topological polar surface area (TPSA) is 64.9 Å². The van der Waals surface area contributed by atoms with E-state index in [1.807, 2.05) is 0 Å². The average Bonchev–Trinajstić information content (AvgIpc) is 2.27. The predicted molar refractivity (Wildman–Crippen MR) is 76.4 cm³/mol. The number of nitrogens with two attached hydrogens (primary N) is 2. The lowest BCUT2D eigenvalue weighted by atomic mass is 10.0. The van der Waals surface area contributed by atoms with E-state index in [1.54, 1.807) is 24.3 Å². The second kappa shape index (κ2) is 4.68. The number of alkyl halides is 3. The van der Waals surface area contributed by atoms with Crippen LogP contribution in [0.1, 0.15) is 5.56 Å². The SMILES string of the molecule is Nc1cc(-c2ccc(C(F)(F)I)cc2)cc(N)n1. The Balaban J connectivity index is 2.40. The number of aromatic nitrogens is 1. The van der Waals surface area contributed by atoms with Crippen molar-refractivity contribution in [2.75, 3.05) is 11.5 Å². The van der Waals surface area contributed by atoms with E-state index in [0.29, 0.717) is 11.6 Å². The first-order valence-electron chi connectivity index (χ1n) is 5.07. The van der Waals surface area contributed by atoms with Crippen LogP contribution in [0.3, 0.4) is 0 Å². The lowest BCUT2D eigenvalue weighted by molar-refractivity contribution is 0.127. The molecule has 0 amide bonds. The maximum absolute atomic E-state index is 13.1. The van der Waals surface area contributed by atoms with Crippen molar-refractivity contribution in [3.8, 4) is 11.1 Å². The van der Waals surface area contributed by atoms with E-state index in [9.17, 15) is 8.78 Å². The summed E-state index contributed by atoms with van der Waals surface area (Å²) in [5.74, 6) is 0.599. The summed E-state index contributed by atoms with van der Waals surface area (Å²) in [6, 6.07) is 9.27. The molecule has 0 unspecified atom stereocenters. The number of nitrogens with zero attached hydrogens (tertiary/aromatic N) is 1. The zero-order chi connectivity index (χ0) is 13.3. The van der Waals surface area contributed by atoms with Crippen LogP contribution in [0.4, 0.5) is 20.4 Å². The van der Waals surface area contributed by atoms with Crippen molar-refractivity contribution in [3.05, 3.63) is 42.0 Å². The van der Waals surface area contributed by atoms with Gasteiger partial charge in [0.15, 0.2) is 0 Å². The molecule has 3 nitrogen and oxygen atoms in total. The second-order valence-electron chi connectivity index (χ2n) is 3.78. The minimum atomic E-state index is -2.87. The van der Waals surface area contributed by atoms with Crippen LogP contribution < -0.4 is 11.5 Å². The van der Waals surface area contributed by atoms with Gasteiger partial charge in [0.1, 0.15) is 11.6 Å².